The van der Waals surface area contributed by atoms with Crippen LogP contribution in [0.2, 0.25) is 0 Å². The molecule has 0 fully saturated rings. The second kappa shape index (κ2) is 3.56. The van der Waals surface area contributed by atoms with Crippen molar-refractivity contribution >= 4 is 38.6 Å². The fourth-order valence-electron chi connectivity index (χ4n) is 1.22. The van der Waals surface area contributed by atoms with E-state index in [9.17, 15) is 8.42 Å². The van der Waals surface area contributed by atoms with Gasteiger partial charge in [0.15, 0.2) is 17.0 Å². The molecule has 0 saturated heterocycles. The van der Waals surface area contributed by atoms with Crippen LogP contribution >= 0.6 is 11.8 Å². The minimum absolute atomic E-state index is 0.174. The van der Waals surface area contributed by atoms with Crippen LogP contribution in [0.3, 0.4) is 0 Å². The first-order valence-electron chi connectivity index (χ1n) is 4.19. The molecule has 2 rings (SSSR count). The lowest BCUT2D eigenvalue weighted by molar-refractivity contribution is 0.593. The Hall–Kier alpha value is -1.41. The molecule has 0 saturated carbocycles. The van der Waals surface area contributed by atoms with Gasteiger partial charge in [-0.05, 0) is 0 Å². The Kier molecular flexibility index (Phi) is 2.47. The van der Waals surface area contributed by atoms with Crippen LogP contribution in [0.4, 0.5) is 5.82 Å². The average Bonchev–Trinajstić information content (AvgIpc) is 2.58. The molecule has 0 aliphatic carbocycles. The molecule has 2 heterocycles. The molecule has 2 aromatic heterocycles. The zero-order chi connectivity index (χ0) is 11.9. The highest BCUT2D eigenvalue weighted by Gasteiger charge is 2.17. The summed E-state index contributed by atoms with van der Waals surface area (Å²) in [6.45, 7) is 0. The molecule has 0 amide bonds. The molecule has 9 heteroatoms. The van der Waals surface area contributed by atoms with Crippen molar-refractivity contribution in [2.45, 2.75) is 5.16 Å². The fraction of sp³-hybridized carbons (Fsp3) is 0.286. The number of imidazole rings is 1. The third-order valence-corrected chi connectivity index (χ3v) is 2.99. The smallest absolute Gasteiger partial charge is 0.250 e. The van der Waals surface area contributed by atoms with E-state index in [0.717, 1.165) is 6.26 Å². The Balaban J connectivity index is 2.86. The van der Waals surface area contributed by atoms with Gasteiger partial charge in [0.05, 0.1) is 6.33 Å². The molecule has 1 N–H and O–H groups in total. The van der Waals surface area contributed by atoms with E-state index in [1.165, 1.54) is 6.33 Å². The van der Waals surface area contributed by atoms with Gasteiger partial charge in [-0.15, -0.1) is 0 Å². The van der Waals surface area contributed by atoms with Crippen molar-refractivity contribution < 1.29 is 8.42 Å². The van der Waals surface area contributed by atoms with Crippen molar-refractivity contribution in [2.24, 2.45) is 7.05 Å². The monoisotopic (exact) mass is 261 g/mol. The minimum atomic E-state index is -3.48. The molecular weight excluding hydrogens is 254 g/mol. The van der Waals surface area contributed by atoms with E-state index in [0.29, 0.717) is 11.2 Å². The van der Waals surface area contributed by atoms with Gasteiger partial charge in [-0.2, -0.15) is 9.97 Å². The predicted molar refractivity (Wildman–Crippen MR) is 58.9 cm³/mol. The van der Waals surface area contributed by atoms with Gasteiger partial charge >= 0.3 is 0 Å². The predicted octanol–water partition coefficient (Wildman–Crippen LogP) is 0.332. The molecule has 7 nitrogen and oxygen atoms in total. The van der Waals surface area contributed by atoms with Gasteiger partial charge in [-0.1, -0.05) is 0 Å². The van der Waals surface area contributed by atoms with Crippen molar-refractivity contribution in [1.29, 1.82) is 0 Å². The average molecular weight is 262 g/mol. The van der Waals surface area contributed by atoms with Crippen LogP contribution in [0, 0.1) is 0 Å². The molecule has 0 bridgehead atoms. The molecule has 0 aromatic carbocycles. The van der Waals surface area contributed by atoms with Crippen molar-refractivity contribution in [3.63, 3.8) is 0 Å². The van der Waals surface area contributed by atoms with Crippen molar-refractivity contribution in [3.8, 4) is 0 Å². The van der Waals surface area contributed by atoms with E-state index in [1.54, 1.807) is 11.6 Å². The van der Waals surface area contributed by atoms with E-state index >= 15 is 0 Å². The van der Waals surface area contributed by atoms with Crippen LogP contribution in [0.5, 0.6) is 0 Å². The molecule has 86 valence electrons. The normalized spacial score (nSPS) is 11.9. The number of hydrogen-bond donors (Lipinski definition) is 1. The molecule has 2 aromatic rings. The first kappa shape index (κ1) is 11.1. The fourth-order valence-corrected chi connectivity index (χ4v) is 1.86. The van der Waals surface area contributed by atoms with Crippen LogP contribution < -0.4 is 4.84 Å². The summed E-state index contributed by atoms with van der Waals surface area (Å²) in [5.41, 5.74) is 0.823. The Morgan fingerprint density at radius 2 is 2.12 bits per heavy atom. The van der Waals surface area contributed by atoms with Crippen molar-refractivity contribution in [1.82, 2.24) is 19.5 Å². The number of hydrogen-bond acceptors (Lipinski definition) is 6. The van der Waals surface area contributed by atoms with E-state index in [1.807, 2.05) is 0 Å². The van der Waals surface area contributed by atoms with Gasteiger partial charge in [-0.25, -0.2) is 13.4 Å². The summed E-state index contributed by atoms with van der Waals surface area (Å²) >= 11 is 5.45. The number of aryl methyl sites for hydroxylation is 1. The molecule has 0 aliphatic heterocycles. The number of fused-ring (bicyclic) bond motifs is 1. The van der Waals surface area contributed by atoms with Gasteiger partial charge in [-0.3, -0.25) is 4.84 Å². The quantitative estimate of drug-likeness (QED) is 0.619. The number of aromatic nitrogens is 4. The second-order valence-electron chi connectivity index (χ2n) is 3.25. The van der Waals surface area contributed by atoms with Gasteiger partial charge in [0.25, 0.3) is 5.16 Å². The lowest BCUT2D eigenvalue weighted by Gasteiger charge is -2.02. The Morgan fingerprint density at radius 3 is 2.69 bits per heavy atom. The number of nitrogens with zero attached hydrogens (tertiary/aromatic N) is 4. The Labute approximate surface area is 96.5 Å². The van der Waals surface area contributed by atoms with Crippen LogP contribution in [-0.2, 0) is 16.9 Å². The second-order valence-corrected chi connectivity index (χ2v) is 5.35. The molecule has 16 heavy (non-hydrogen) atoms. The maximum atomic E-state index is 11.4. The summed E-state index contributed by atoms with van der Waals surface area (Å²) in [7, 11) is -1.78. The molecule has 0 unspecified atom stereocenters. The number of halogens is 1. The van der Waals surface area contributed by atoms with Crippen molar-refractivity contribution in [2.75, 3.05) is 11.1 Å². The van der Waals surface area contributed by atoms with E-state index in [4.69, 9.17) is 11.8 Å². The van der Waals surface area contributed by atoms with Gasteiger partial charge in [0.2, 0.25) is 9.84 Å². The highest BCUT2D eigenvalue weighted by Crippen LogP contribution is 2.20. The minimum Gasteiger partial charge on any atom is -0.318 e. The summed E-state index contributed by atoms with van der Waals surface area (Å²) in [5.74, 6) is 0.174. The first-order chi connectivity index (χ1) is 7.43. The van der Waals surface area contributed by atoms with Crippen LogP contribution in [0.15, 0.2) is 11.5 Å². The Morgan fingerprint density at radius 1 is 1.44 bits per heavy atom. The lowest BCUT2D eigenvalue weighted by Crippen LogP contribution is -2.06. The molecule has 0 atom stereocenters. The van der Waals surface area contributed by atoms with E-state index in [-0.39, 0.29) is 11.0 Å². The number of sulfone groups is 1. The third-order valence-electron chi connectivity index (χ3n) is 1.96. The van der Waals surface area contributed by atoms with Crippen LogP contribution in [-0.4, -0.2) is 34.2 Å². The number of anilines is 1. The summed E-state index contributed by atoms with van der Waals surface area (Å²) in [5, 5.41) is -0.285. The summed E-state index contributed by atoms with van der Waals surface area (Å²) in [6.07, 6.45) is 2.53. The SMILES string of the molecule is Cn1cnc2c(NCl)nc(S(C)(=O)=O)nc21. The van der Waals surface area contributed by atoms with E-state index in [2.05, 4.69) is 19.8 Å². The van der Waals surface area contributed by atoms with Gasteiger partial charge in [0.1, 0.15) is 0 Å². The third kappa shape index (κ3) is 1.69. The van der Waals surface area contributed by atoms with Gasteiger partial charge < -0.3 is 4.57 Å². The highest BCUT2D eigenvalue weighted by molar-refractivity contribution is 7.90. The standard InChI is InChI=1S/C7H8ClN5O2S/c1-13-3-9-4-5(12-8)10-7(11-6(4)13)16(2,14)15/h3H,1-2H3,(H,10,11,12). The molecule has 0 aliphatic rings. The molecule has 0 spiro atoms. The van der Waals surface area contributed by atoms with Gasteiger partial charge in [0, 0.05) is 25.1 Å². The van der Waals surface area contributed by atoms with E-state index < -0.39 is 9.84 Å². The number of nitrogens with one attached hydrogen (secondary N) is 1. The van der Waals surface area contributed by atoms with Crippen LogP contribution in [0.1, 0.15) is 0 Å². The highest BCUT2D eigenvalue weighted by atomic mass is 35.5. The maximum absolute atomic E-state index is 11.4. The summed E-state index contributed by atoms with van der Waals surface area (Å²) in [4.78, 5) is 14.0. The molecular formula is C7H8ClN5O2S. The van der Waals surface area contributed by atoms with Crippen LogP contribution in [0.25, 0.3) is 11.2 Å². The largest absolute Gasteiger partial charge is 0.318 e. The topological polar surface area (TPSA) is 89.8 Å². The summed E-state index contributed by atoms with van der Waals surface area (Å²) in [6, 6.07) is 0. The molecule has 0 radical (unpaired) electrons. The lowest BCUT2D eigenvalue weighted by atomic mass is 10.5. The first-order valence-corrected chi connectivity index (χ1v) is 6.46. The van der Waals surface area contributed by atoms with Crippen molar-refractivity contribution in [3.05, 3.63) is 6.33 Å². The summed E-state index contributed by atoms with van der Waals surface area (Å²) < 4.78 is 24.3. The Bertz CT molecular complexity index is 650. The number of rotatable bonds is 2. The zero-order valence-corrected chi connectivity index (χ0v) is 10.0. The zero-order valence-electron chi connectivity index (χ0n) is 8.47. The maximum Gasteiger partial charge on any atom is 0.250 e.